The van der Waals surface area contributed by atoms with Gasteiger partial charge in [0.05, 0.1) is 11.8 Å². The molecular formula is C12H18N2O2. The van der Waals surface area contributed by atoms with Gasteiger partial charge in [0.1, 0.15) is 11.9 Å². The van der Waals surface area contributed by atoms with Crippen LogP contribution in [0, 0.1) is 0 Å². The molecule has 88 valence electrons. The Morgan fingerprint density at radius 3 is 3.12 bits per heavy atom. The van der Waals surface area contributed by atoms with E-state index in [-0.39, 0.29) is 12.2 Å². The summed E-state index contributed by atoms with van der Waals surface area (Å²) in [4.78, 5) is 4.60. The van der Waals surface area contributed by atoms with E-state index >= 15 is 0 Å². The van der Waals surface area contributed by atoms with Crippen molar-refractivity contribution in [2.75, 3.05) is 6.61 Å². The Morgan fingerprint density at radius 2 is 2.31 bits per heavy atom. The number of ether oxygens (including phenoxy) is 1. The summed E-state index contributed by atoms with van der Waals surface area (Å²) in [5.41, 5.74) is 1.06. The van der Waals surface area contributed by atoms with Crippen molar-refractivity contribution in [2.24, 2.45) is 0 Å². The van der Waals surface area contributed by atoms with Gasteiger partial charge in [-0.1, -0.05) is 0 Å². The summed E-state index contributed by atoms with van der Waals surface area (Å²) in [6.45, 7) is 1.74. The van der Waals surface area contributed by atoms with Gasteiger partial charge >= 0.3 is 0 Å². The van der Waals surface area contributed by atoms with Crippen LogP contribution in [0.1, 0.15) is 43.3 Å². The topological polar surface area (TPSA) is 47.3 Å². The molecule has 0 spiro atoms. The Kier molecular flexibility index (Phi) is 2.69. The lowest BCUT2D eigenvalue weighted by atomic mass is 10.1. The lowest BCUT2D eigenvalue weighted by molar-refractivity contribution is 0.0124. The largest absolute Gasteiger partial charge is 0.393 e. The smallest absolute Gasteiger partial charge is 0.111 e. The summed E-state index contributed by atoms with van der Waals surface area (Å²) in [6.07, 6.45) is 7.09. The molecule has 1 fully saturated rings. The third kappa shape index (κ3) is 1.87. The Morgan fingerprint density at radius 1 is 1.38 bits per heavy atom. The van der Waals surface area contributed by atoms with E-state index in [1.54, 1.807) is 0 Å². The standard InChI is InChI=1S/C12H18N2O2/c15-9-4-5-14-8-10(13-12(14)7-9)11-3-1-2-6-16-11/h8-9,11,15H,1-7H2. The molecule has 0 bridgehead atoms. The van der Waals surface area contributed by atoms with Gasteiger partial charge in [-0.2, -0.15) is 0 Å². The van der Waals surface area contributed by atoms with E-state index in [1.165, 1.54) is 12.8 Å². The molecule has 2 atom stereocenters. The SMILES string of the molecule is OC1CCn2cc(C3CCCCO3)nc2C1. The number of nitrogens with zero attached hydrogens (tertiary/aromatic N) is 2. The van der Waals surface area contributed by atoms with Crippen LogP contribution in [-0.4, -0.2) is 27.4 Å². The fourth-order valence-corrected chi connectivity index (χ4v) is 2.56. The predicted molar refractivity (Wildman–Crippen MR) is 59.1 cm³/mol. The molecule has 4 nitrogen and oxygen atoms in total. The Hall–Kier alpha value is -0.870. The van der Waals surface area contributed by atoms with Crippen LogP contribution >= 0.6 is 0 Å². The van der Waals surface area contributed by atoms with Crippen molar-refractivity contribution in [1.82, 2.24) is 9.55 Å². The van der Waals surface area contributed by atoms with E-state index in [1.807, 2.05) is 0 Å². The summed E-state index contributed by atoms with van der Waals surface area (Å²) >= 11 is 0. The average molecular weight is 222 g/mol. The van der Waals surface area contributed by atoms with Gasteiger partial charge in [-0.15, -0.1) is 0 Å². The zero-order valence-electron chi connectivity index (χ0n) is 9.43. The number of fused-ring (bicyclic) bond motifs is 1. The minimum Gasteiger partial charge on any atom is -0.393 e. The molecule has 0 amide bonds. The van der Waals surface area contributed by atoms with Crippen LogP contribution in [0.5, 0.6) is 0 Å². The highest BCUT2D eigenvalue weighted by Gasteiger charge is 2.23. The summed E-state index contributed by atoms with van der Waals surface area (Å²) in [5.74, 6) is 1.02. The maximum Gasteiger partial charge on any atom is 0.111 e. The lowest BCUT2D eigenvalue weighted by Crippen LogP contribution is -2.22. The molecule has 0 radical (unpaired) electrons. The lowest BCUT2D eigenvalue weighted by Gasteiger charge is -2.20. The van der Waals surface area contributed by atoms with E-state index in [0.717, 1.165) is 37.5 Å². The fourth-order valence-electron chi connectivity index (χ4n) is 2.56. The molecule has 16 heavy (non-hydrogen) atoms. The zero-order chi connectivity index (χ0) is 11.0. The molecule has 4 heteroatoms. The number of aliphatic hydroxyl groups excluding tert-OH is 1. The van der Waals surface area contributed by atoms with Crippen molar-refractivity contribution in [3.05, 3.63) is 17.7 Å². The quantitative estimate of drug-likeness (QED) is 0.782. The first kappa shape index (κ1) is 10.3. The number of rotatable bonds is 1. The molecule has 1 aromatic heterocycles. The second-order valence-electron chi connectivity index (χ2n) is 4.78. The first-order valence-electron chi connectivity index (χ1n) is 6.18. The number of aliphatic hydroxyl groups is 1. The summed E-state index contributed by atoms with van der Waals surface area (Å²) in [7, 11) is 0. The first-order chi connectivity index (χ1) is 7.83. The highest BCUT2D eigenvalue weighted by molar-refractivity contribution is 5.10. The molecule has 1 aromatic rings. The number of aryl methyl sites for hydroxylation is 1. The summed E-state index contributed by atoms with van der Waals surface area (Å²) in [5, 5.41) is 9.59. The summed E-state index contributed by atoms with van der Waals surface area (Å²) < 4.78 is 7.90. The van der Waals surface area contributed by atoms with Gasteiger partial charge in [0.2, 0.25) is 0 Å². The Bertz CT molecular complexity index is 369. The van der Waals surface area contributed by atoms with E-state index in [0.29, 0.717) is 6.42 Å². The van der Waals surface area contributed by atoms with Crippen LogP contribution in [0.4, 0.5) is 0 Å². The van der Waals surface area contributed by atoms with Gasteiger partial charge in [-0.3, -0.25) is 0 Å². The van der Waals surface area contributed by atoms with Gasteiger partial charge in [0, 0.05) is 25.8 Å². The van der Waals surface area contributed by atoms with Gasteiger partial charge in [-0.25, -0.2) is 4.98 Å². The van der Waals surface area contributed by atoms with E-state index in [9.17, 15) is 5.11 Å². The number of imidazole rings is 1. The predicted octanol–water partition coefficient (Wildman–Crippen LogP) is 1.43. The average Bonchev–Trinajstić information content (AvgIpc) is 2.73. The monoisotopic (exact) mass is 222 g/mol. The highest BCUT2D eigenvalue weighted by Crippen LogP contribution is 2.28. The fraction of sp³-hybridized carbons (Fsp3) is 0.750. The van der Waals surface area contributed by atoms with E-state index < -0.39 is 0 Å². The third-order valence-electron chi connectivity index (χ3n) is 3.51. The molecule has 3 heterocycles. The van der Waals surface area contributed by atoms with Gasteiger partial charge < -0.3 is 14.4 Å². The molecule has 0 aromatic carbocycles. The van der Waals surface area contributed by atoms with Crippen molar-refractivity contribution in [2.45, 2.75) is 50.9 Å². The van der Waals surface area contributed by atoms with Gasteiger partial charge in [-0.05, 0) is 25.7 Å². The zero-order valence-corrected chi connectivity index (χ0v) is 9.43. The van der Waals surface area contributed by atoms with Crippen LogP contribution in [-0.2, 0) is 17.7 Å². The van der Waals surface area contributed by atoms with Crippen LogP contribution < -0.4 is 0 Å². The minimum atomic E-state index is -0.213. The molecule has 1 N–H and O–H groups in total. The summed E-state index contributed by atoms with van der Waals surface area (Å²) in [6, 6.07) is 0. The molecular weight excluding hydrogens is 204 g/mol. The maximum atomic E-state index is 9.59. The Labute approximate surface area is 95.3 Å². The second kappa shape index (κ2) is 4.18. The third-order valence-corrected chi connectivity index (χ3v) is 3.51. The van der Waals surface area contributed by atoms with Crippen molar-refractivity contribution in [1.29, 1.82) is 0 Å². The number of hydrogen-bond donors (Lipinski definition) is 1. The number of aromatic nitrogens is 2. The molecule has 2 aliphatic rings. The minimum absolute atomic E-state index is 0.184. The van der Waals surface area contributed by atoms with E-state index in [4.69, 9.17) is 4.74 Å². The van der Waals surface area contributed by atoms with Crippen LogP contribution in [0.2, 0.25) is 0 Å². The van der Waals surface area contributed by atoms with Crippen molar-refractivity contribution < 1.29 is 9.84 Å². The molecule has 2 unspecified atom stereocenters. The van der Waals surface area contributed by atoms with Crippen molar-refractivity contribution >= 4 is 0 Å². The van der Waals surface area contributed by atoms with Gasteiger partial charge in [0.15, 0.2) is 0 Å². The molecule has 3 rings (SSSR count). The normalized spacial score (nSPS) is 30.1. The maximum absolute atomic E-state index is 9.59. The van der Waals surface area contributed by atoms with Crippen LogP contribution in [0.3, 0.4) is 0 Å². The van der Waals surface area contributed by atoms with Crippen LogP contribution in [0.15, 0.2) is 6.20 Å². The molecule has 2 aliphatic heterocycles. The number of hydrogen-bond acceptors (Lipinski definition) is 3. The van der Waals surface area contributed by atoms with Crippen molar-refractivity contribution in [3.63, 3.8) is 0 Å². The first-order valence-corrected chi connectivity index (χ1v) is 6.18. The van der Waals surface area contributed by atoms with Crippen molar-refractivity contribution in [3.8, 4) is 0 Å². The molecule has 0 saturated carbocycles. The second-order valence-corrected chi connectivity index (χ2v) is 4.78. The Balaban J connectivity index is 1.80. The van der Waals surface area contributed by atoms with Gasteiger partial charge in [0.25, 0.3) is 0 Å². The highest BCUT2D eigenvalue weighted by atomic mass is 16.5. The van der Waals surface area contributed by atoms with Crippen LogP contribution in [0.25, 0.3) is 0 Å². The van der Waals surface area contributed by atoms with E-state index in [2.05, 4.69) is 15.7 Å². The molecule has 0 aliphatic carbocycles. The molecule has 1 saturated heterocycles.